The van der Waals surface area contributed by atoms with Crippen LogP contribution in [0.3, 0.4) is 0 Å². The quantitative estimate of drug-likeness (QED) is 0.360. The lowest BCUT2D eigenvalue weighted by atomic mass is 10.1. The normalized spacial score (nSPS) is 10.7. The number of ether oxygens (including phenoxy) is 3. The molecule has 0 radical (unpaired) electrons. The summed E-state index contributed by atoms with van der Waals surface area (Å²) in [5.41, 5.74) is 1.67. The summed E-state index contributed by atoms with van der Waals surface area (Å²) in [4.78, 5) is 19.9. The van der Waals surface area contributed by atoms with Gasteiger partial charge in [0.05, 0.1) is 47.8 Å². The van der Waals surface area contributed by atoms with Crippen molar-refractivity contribution < 1.29 is 19.0 Å². The van der Waals surface area contributed by atoms with Gasteiger partial charge in [0.15, 0.2) is 16.6 Å². The van der Waals surface area contributed by atoms with Gasteiger partial charge in [0.25, 0.3) is 5.91 Å². The maximum Gasteiger partial charge on any atom is 0.266 e. The molecule has 6 nitrogen and oxygen atoms in total. The number of para-hydroxylation sites is 1. The number of halogens is 1. The molecule has 1 amide bonds. The Kier molecular flexibility index (Phi) is 5.97. The average molecular weight is 455 g/mol. The molecule has 31 heavy (non-hydrogen) atoms. The van der Waals surface area contributed by atoms with Gasteiger partial charge in [-0.2, -0.15) is 0 Å². The number of nitrogens with zero attached hydrogens (tertiary/aromatic N) is 2. The lowest BCUT2D eigenvalue weighted by Gasteiger charge is -2.23. The SMILES string of the molecule is COc1cc(N(C(=O)c2ccccc2Cl)c2nc3ccccc3s2)cc(OC)c1OC. The predicted octanol–water partition coefficient (Wildman–Crippen LogP) is 5.95. The second-order valence-corrected chi connectivity index (χ2v) is 7.88. The van der Waals surface area contributed by atoms with Crippen molar-refractivity contribution in [3.8, 4) is 17.2 Å². The van der Waals surface area contributed by atoms with E-state index in [2.05, 4.69) is 4.98 Å². The molecule has 4 aromatic rings. The highest BCUT2D eigenvalue weighted by atomic mass is 35.5. The monoisotopic (exact) mass is 454 g/mol. The van der Waals surface area contributed by atoms with Crippen molar-refractivity contribution in [3.05, 3.63) is 71.2 Å². The molecule has 4 rings (SSSR count). The molecule has 0 bridgehead atoms. The molecule has 0 atom stereocenters. The minimum absolute atomic E-state index is 0.320. The molecule has 1 aromatic heterocycles. The van der Waals surface area contributed by atoms with Crippen LogP contribution < -0.4 is 19.1 Å². The highest BCUT2D eigenvalue weighted by Gasteiger charge is 2.27. The lowest BCUT2D eigenvalue weighted by Crippen LogP contribution is -2.26. The standard InChI is InChI=1S/C23H19ClN2O4S/c1-28-18-12-14(13-19(29-2)21(18)30-3)26(22(27)15-8-4-5-9-16(15)24)23-25-17-10-6-7-11-20(17)31-23/h4-13H,1-3H3. The van der Waals surface area contributed by atoms with Crippen LogP contribution in [0.15, 0.2) is 60.7 Å². The Balaban J connectivity index is 1.95. The highest BCUT2D eigenvalue weighted by Crippen LogP contribution is 2.44. The number of hydrogen-bond donors (Lipinski definition) is 0. The topological polar surface area (TPSA) is 60.9 Å². The number of benzene rings is 3. The van der Waals surface area contributed by atoms with Gasteiger partial charge in [-0.25, -0.2) is 4.98 Å². The third-order valence-electron chi connectivity index (χ3n) is 4.69. The predicted molar refractivity (Wildman–Crippen MR) is 124 cm³/mol. The number of methoxy groups -OCH3 is 3. The minimum atomic E-state index is -0.320. The molecule has 8 heteroatoms. The minimum Gasteiger partial charge on any atom is -0.493 e. The number of carbonyl (C=O) groups excluding carboxylic acids is 1. The van der Waals surface area contributed by atoms with Crippen molar-refractivity contribution in [2.24, 2.45) is 0 Å². The van der Waals surface area contributed by atoms with Crippen LogP contribution in [0.25, 0.3) is 10.2 Å². The Bertz CT molecular complexity index is 1200. The van der Waals surface area contributed by atoms with Gasteiger partial charge in [0.2, 0.25) is 5.75 Å². The van der Waals surface area contributed by atoms with Crippen LogP contribution in [0.1, 0.15) is 10.4 Å². The van der Waals surface area contributed by atoms with E-state index in [1.807, 2.05) is 24.3 Å². The fraction of sp³-hybridized carbons (Fsp3) is 0.130. The Morgan fingerprint density at radius 2 is 1.58 bits per heavy atom. The second kappa shape index (κ2) is 8.83. The number of rotatable bonds is 6. The molecule has 0 saturated carbocycles. The molecule has 0 fully saturated rings. The van der Waals surface area contributed by atoms with Crippen LogP contribution in [0.5, 0.6) is 17.2 Å². The Morgan fingerprint density at radius 3 is 2.19 bits per heavy atom. The van der Waals surface area contributed by atoms with E-state index in [0.29, 0.717) is 38.7 Å². The molecule has 0 saturated heterocycles. The van der Waals surface area contributed by atoms with Crippen LogP contribution in [0.4, 0.5) is 10.8 Å². The molecular formula is C23H19ClN2O4S. The van der Waals surface area contributed by atoms with Crippen molar-refractivity contribution in [3.63, 3.8) is 0 Å². The molecule has 0 aliphatic heterocycles. The number of aromatic nitrogens is 1. The van der Waals surface area contributed by atoms with E-state index in [1.54, 1.807) is 36.4 Å². The summed E-state index contributed by atoms with van der Waals surface area (Å²) < 4.78 is 17.4. The molecule has 0 unspecified atom stereocenters. The van der Waals surface area contributed by atoms with Gasteiger partial charge in [0.1, 0.15) is 0 Å². The molecule has 0 spiro atoms. The largest absolute Gasteiger partial charge is 0.493 e. The van der Waals surface area contributed by atoms with E-state index < -0.39 is 0 Å². The number of thiazole rings is 1. The Hall–Kier alpha value is -3.29. The zero-order valence-electron chi connectivity index (χ0n) is 17.1. The van der Waals surface area contributed by atoms with Crippen molar-refractivity contribution in [2.45, 2.75) is 0 Å². The van der Waals surface area contributed by atoms with Crippen molar-refractivity contribution in [1.82, 2.24) is 4.98 Å². The van der Waals surface area contributed by atoms with E-state index in [1.165, 1.54) is 37.6 Å². The van der Waals surface area contributed by atoms with Crippen LogP contribution >= 0.6 is 22.9 Å². The van der Waals surface area contributed by atoms with E-state index >= 15 is 0 Å². The summed E-state index contributed by atoms with van der Waals surface area (Å²) >= 11 is 7.75. The summed E-state index contributed by atoms with van der Waals surface area (Å²) in [7, 11) is 4.58. The first-order valence-corrected chi connectivity index (χ1v) is 10.5. The number of hydrogen-bond acceptors (Lipinski definition) is 6. The van der Waals surface area contributed by atoms with Crippen LogP contribution in [0, 0.1) is 0 Å². The molecule has 1 heterocycles. The van der Waals surface area contributed by atoms with Gasteiger partial charge in [-0.05, 0) is 24.3 Å². The van der Waals surface area contributed by atoms with E-state index in [9.17, 15) is 4.79 Å². The smallest absolute Gasteiger partial charge is 0.266 e. The van der Waals surface area contributed by atoms with Crippen LogP contribution in [-0.2, 0) is 0 Å². The maximum absolute atomic E-state index is 13.7. The molecule has 0 N–H and O–H groups in total. The van der Waals surface area contributed by atoms with Gasteiger partial charge in [-0.1, -0.05) is 47.2 Å². The fourth-order valence-corrected chi connectivity index (χ4v) is 4.42. The van der Waals surface area contributed by atoms with E-state index in [0.717, 1.165) is 10.2 Å². The van der Waals surface area contributed by atoms with Crippen LogP contribution in [0.2, 0.25) is 5.02 Å². The third kappa shape index (κ3) is 3.89. The lowest BCUT2D eigenvalue weighted by molar-refractivity contribution is 0.0999. The zero-order chi connectivity index (χ0) is 22.0. The second-order valence-electron chi connectivity index (χ2n) is 6.47. The summed E-state index contributed by atoms with van der Waals surface area (Å²) in [5.74, 6) is 0.965. The number of anilines is 2. The zero-order valence-corrected chi connectivity index (χ0v) is 18.7. The molecule has 158 valence electrons. The van der Waals surface area contributed by atoms with Crippen molar-refractivity contribution in [2.75, 3.05) is 26.2 Å². The van der Waals surface area contributed by atoms with Gasteiger partial charge in [-0.15, -0.1) is 0 Å². The fourth-order valence-electron chi connectivity index (χ4n) is 3.22. The van der Waals surface area contributed by atoms with Gasteiger partial charge >= 0.3 is 0 Å². The van der Waals surface area contributed by atoms with Gasteiger partial charge < -0.3 is 14.2 Å². The first kappa shape index (κ1) is 21.0. The van der Waals surface area contributed by atoms with E-state index in [4.69, 9.17) is 25.8 Å². The van der Waals surface area contributed by atoms with Crippen molar-refractivity contribution >= 4 is 49.9 Å². The van der Waals surface area contributed by atoms with Crippen LogP contribution in [-0.4, -0.2) is 32.2 Å². The Labute approximate surface area is 188 Å². The van der Waals surface area contributed by atoms with Gasteiger partial charge in [-0.3, -0.25) is 9.69 Å². The first-order chi connectivity index (χ1) is 15.1. The highest BCUT2D eigenvalue weighted by molar-refractivity contribution is 7.22. The number of amides is 1. The van der Waals surface area contributed by atoms with E-state index in [-0.39, 0.29) is 5.91 Å². The molecule has 3 aromatic carbocycles. The molecular weight excluding hydrogens is 436 g/mol. The Morgan fingerprint density at radius 1 is 0.935 bits per heavy atom. The third-order valence-corrected chi connectivity index (χ3v) is 6.04. The average Bonchev–Trinajstić information content (AvgIpc) is 3.22. The number of fused-ring (bicyclic) bond motifs is 1. The summed E-state index contributed by atoms with van der Waals surface area (Å²) in [6.45, 7) is 0. The summed E-state index contributed by atoms with van der Waals surface area (Å²) in [6.07, 6.45) is 0. The molecule has 0 aliphatic rings. The summed E-state index contributed by atoms with van der Waals surface area (Å²) in [5, 5.41) is 0.853. The maximum atomic E-state index is 13.7. The van der Waals surface area contributed by atoms with Gasteiger partial charge in [0, 0.05) is 12.1 Å². The summed E-state index contributed by atoms with van der Waals surface area (Å²) in [6, 6.07) is 18.0. The number of carbonyl (C=O) groups is 1. The molecule has 0 aliphatic carbocycles. The first-order valence-electron chi connectivity index (χ1n) is 9.32. The van der Waals surface area contributed by atoms with Crippen molar-refractivity contribution in [1.29, 1.82) is 0 Å².